The number of hydrogen-bond acceptors (Lipinski definition) is 7. The highest BCUT2D eigenvalue weighted by Gasteiger charge is 2.28. The lowest BCUT2D eigenvalue weighted by Gasteiger charge is -2.34. The number of likely N-dealkylation sites (N-methyl/N-ethyl adjacent to an activating group) is 1. The summed E-state index contributed by atoms with van der Waals surface area (Å²) in [4.78, 5) is 18.2. The highest BCUT2D eigenvalue weighted by Crippen LogP contribution is 2.38. The number of nitrogens with one attached hydrogen (secondary N) is 1. The topological polar surface area (TPSA) is 65.9 Å². The van der Waals surface area contributed by atoms with Gasteiger partial charge >= 0.3 is 6.01 Å². The Morgan fingerprint density at radius 2 is 1.89 bits per heavy atom. The molecule has 1 aromatic carbocycles. The molecule has 0 unspecified atom stereocenters. The molecule has 1 N–H and O–H groups in total. The zero-order chi connectivity index (χ0) is 24.8. The third-order valence-corrected chi connectivity index (χ3v) is 7.32. The van der Waals surface area contributed by atoms with Gasteiger partial charge in [-0.3, -0.25) is 4.99 Å². The van der Waals surface area contributed by atoms with Crippen LogP contribution in [-0.2, 0) is 6.42 Å². The molecule has 2 aliphatic heterocycles. The van der Waals surface area contributed by atoms with E-state index in [1.807, 2.05) is 13.0 Å². The normalized spacial score (nSPS) is 19.7. The quantitative estimate of drug-likeness (QED) is 0.625. The Balaban J connectivity index is 1.31. The van der Waals surface area contributed by atoms with Crippen LogP contribution in [0.5, 0.6) is 11.8 Å². The summed E-state index contributed by atoms with van der Waals surface area (Å²) in [5, 5.41) is 3.28. The number of anilines is 2. The van der Waals surface area contributed by atoms with E-state index in [9.17, 15) is 4.39 Å². The minimum atomic E-state index is -0.597. The van der Waals surface area contributed by atoms with E-state index in [0.717, 1.165) is 50.2 Å². The number of nitrogens with zero attached hydrogens (tertiary/aromatic N) is 5. The monoisotopic (exact) mass is 492 g/mol. The lowest BCUT2D eigenvalue weighted by Crippen LogP contribution is -2.46. The summed E-state index contributed by atoms with van der Waals surface area (Å²) >= 11 is 0. The highest BCUT2D eigenvalue weighted by molar-refractivity contribution is 6.05. The van der Waals surface area contributed by atoms with Crippen LogP contribution < -0.4 is 15.0 Å². The van der Waals surface area contributed by atoms with E-state index >= 15 is 4.39 Å². The fourth-order valence-electron chi connectivity index (χ4n) is 5.07. The van der Waals surface area contributed by atoms with Gasteiger partial charge in [-0.15, -0.1) is 0 Å². The molecule has 2 fully saturated rings. The molecule has 1 saturated carbocycles. The molecule has 3 heterocycles. The molecule has 1 saturated heterocycles. The molecule has 36 heavy (non-hydrogen) atoms. The first-order valence-electron chi connectivity index (χ1n) is 12.7. The van der Waals surface area contributed by atoms with Gasteiger partial charge in [-0.05, 0) is 50.3 Å². The van der Waals surface area contributed by atoms with Crippen molar-refractivity contribution in [3.8, 4) is 11.8 Å². The Kier molecular flexibility index (Phi) is 5.95. The van der Waals surface area contributed by atoms with E-state index in [2.05, 4.69) is 43.1 Å². The van der Waals surface area contributed by atoms with Crippen molar-refractivity contribution < 1.29 is 13.5 Å². The van der Waals surface area contributed by atoms with Crippen LogP contribution in [0, 0.1) is 17.6 Å². The first-order chi connectivity index (χ1) is 17.5. The van der Waals surface area contributed by atoms with Gasteiger partial charge in [0.2, 0.25) is 0 Å². The van der Waals surface area contributed by atoms with Crippen LogP contribution in [0.3, 0.4) is 0 Å². The van der Waals surface area contributed by atoms with Crippen molar-refractivity contribution >= 4 is 23.5 Å². The molecule has 2 aromatic rings. The number of ether oxygens (including phenoxy) is 1. The van der Waals surface area contributed by atoms with Crippen LogP contribution in [0.25, 0.3) is 6.08 Å². The van der Waals surface area contributed by atoms with Crippen molar-refractivity contribution in [2.75, 3.05) is 49.5 Å². The Morgan fingerprint density at radius 3 is 2.64 bits per heavy atom. The first kappa shape index (κ1) is 23.1. The highest BCUT2D eigenvalue weighted by atomic mass is 19.1. The summed E-state index contributed by atoms with van der Waals surface area (Å²) in [6.45, 7) is 9.19. The van der Waals surface area contributed by atoms with Gasteiger partial charge in [-0.2, -0.15) is 9.97 Å². The van der Waals surface area contributed by atoms with Crippen molar-refractivity contribution in [2.45, 2.75) is 33.1 Å². The Morgan fingerprint density at radius 1 is 1.08 bits per heavy atom. The molecule has 0 amide bonds. The number of rotatable bonds is 6. The van der Waals surface area contributed by atoms with E-state index in [1.54, 1.807) is 6.08 Å². The molecule has 188 valence electrons. The summed E-state index contributed by atoms with van der Waals surface area (Å²) in [6.07, 6.45) is 6.61. The van der Waals surface area contributed by atoms with Crippen LogP contribution in [0.2, 0.25) is 0 Å². The smallest absolute Gasteiger partial charge is 0.326 e. The van der Waals surface area contributed by atoms with Crippen molar-refractivity contribution in [1.29, 1.82) is 0 Å². The van der Waals surface area contributed by atoms with Crippen LogP contribution in [0.1, 0.15) is 37.8 Å². The lowest BCUT2D eigenvalue weighted by atomic mass is 10.1. The second kappa shape index (κ2) is 9.28. The average Bonchev–Trinajstić information content (AvgIpc) is 3.49. The number of benzene rings is 1. The number of amidine groups is 1. The Labute approximate surface area is 209 Å². The van der Waals surface area contributed by atoms with Gasteiger partial charge in [0.25, 0.3) is 0 Å². The molecule has 6 rings (SSSR count). The summed E-state index contributed by atoms with van der Waals surface area (Å²) in [6, 6.07) is 2.93. The predicted octanol–water partition coefficient (Wildman–Crippen LogP) is 4.81. The number of aliphatic imine (C=N–C) groups is 1. The van der Waals surface area contributed by atoms with Gasteiger partial charge in [0.05, 0.1) is 6.54 Å². The summed E-state index contributed by atoms with van der Waals surface area (Å²) in [5.74, 6) is 1.29. The second-order valence-corrected chi connectivity index (χ2v) is 9.97. The lowest BCUT2D eigenvalue weighted by molar-refractivity contribution is 0.270. The van der Waals surface area contributed by atoms with Crippen molar-refractivity contribution in [1.82, 2.24) is 14.9 Å². The fourth-order valence-corrected chi connectivity index (χ4v) is 5.07. The average molecular weight is 493 g/mol. The van der Waals surface area contributed by atoms with E-state index in [4.69, 9.17) is 4.74 Å². The van der Waals surface area contributed by atoms with E-state index in [1.165, 1.54) is 18.4 Å². The standard InChI is InChI=1S/C27H30F2N6O/c1-3-34-6-8-35(9-7-34)25-14-24(31-23-12-18(15-30-23)17-4-5-17)32-27(33-25)36-22-13-21(28)19-10-16(2)11-20(19)26(22)29/h11-14,17H,3-10,15H2,1-2H3,(H,30,31,32,33). The maximum atomic E-state index is 15.3. The molecule has 0 atom stereocenters. The Bertz CT molecular complexity index is 1290. The third-order valence-electron chi connectivity index (χ3n) is 7.32. The summed E-state index contributed by atoms with van der Waals surface area (Å²) in [7, 11) is 0. The van der Waals surface area contributed by atoms with Gasteiger partial charge in [-0.25, -0.2) is 8.78 Å². The molecule has 2 aliphatic carbocycles. The van der Waals surface area contributed by atoms with E-state index < -0.39 is 11.6 Å². The van der Waals surface area contributed by atoms with Crippen molar-refractivity contribution in [2.24, 2.45) is 10.9 Å². The first-order valence-corrected chi connectivity index (χ1v) is 12.7. The van der Waals surface area contributed by atoms with Crippen LogP contribution >= 0.6 is 0 Å². The van der Waals surface area contributed by atoms with Gasteiger partial charge in [0, 0.05) is 49.4 Å². The number of hydrogen-bond donors (Lipinski definition) is 1. The van der Waals surface area contributed by atoms with Gasteiger partial charge in [-0.1, -0.05) is 18.6 Å². The molecular weight excluding hydrogens is 462 g/mol. The van der Waals surface area contributed by atoms with Gasteiger partial charge in [0.1, 0.15) is 23.3 Å². The maximum absolute atomic E-state index is 15.3. The number of fused-ring (bicyclic) bond motifs is 1. The maximum Gasteiger partial charge on any atom is 0.326 e. The molecule has 0 bridgehead atoms. The minimum absolute atomic E-state index is 0.0325. The zero-order valence-electron chi connectivity index (χ0n) is 20.7. The summed E-state index contributed by atoms with van der Waals surface area (Å²) in [5.41, 5.74) is 2.86. The summed E-state index contributed by atoms with van der Waals surface area (Å²) < 4.78 is 35.8. The molecule has 0 spiro atoms. The van der Waals surface area contributed by atoms with Crippen molar-refractivity contribution in [3.05, 3.63) is 52.1 Å². The van der Waals surface area contributed by atoms with Crippen molar-refractivity contribution in [3.63, 3.8) is 0 Å². The second-order valence-electron chi connectivity index (χ2n) is 9.97. The van der Waals surface area contributed by atoms with E-state index in [0.29, 0.717) is 36.1 Å². The Hall–Kier alpha value is -3.33. The number of aromatic nitrogens is 2. The number of halogens is 2. The largest absolute Gasteiger partial charge is 0.421 e. The molecule has 0 radical (unpaired) electrons. The third kappa shape index (κ3) is 4.59. The SMILES string of the molecule is CCN1CCN(c2cc(NC3=NCC(C4CC4)=C3)nc(Oc3cc(F)c4c(c3F)C=C(C)C4)n2)CC1. The van der Waals surface area contributed by atoms with Crippen LogP contribution in [-0.4, -0.2) is 60.0 Å². The van der Waals surface area contributed by atoms with Crippen LogP contribution in [0.15, 0.2) is 34.3 Å². The zero-order valence-corrected chi connectivity index (χ0v) is 20.7. The molecule has 1 aromatic heterocycles. The molecule has 9 heteroatoms. The minimum Gasteiger partial charge on any atom is -0.421 e. The van der Waals surface area contributed by atoms with Crippen LogP contribution in [0.4, 0.5) is 20.4 Å². The fraction of sp³-hybridized carbons (Fsp3) is 0.444. The number of piperazine rings is 1. The molecular formula is C27H30F2N6O. The molecule has 7 nitrogen and oxygen atoms in total. The van der Waals surface area contributed by atoms with E-state index in [-0.39, 0.29) is 17.3 Å². The number of allylic oxidation sites excluding steroid dienone is 1. The van der Waals surface area contributed by atoms with Gasteiger partial charge in [0.15, 0.2) is 11.6 Å². The van der Waals surface area contributed by atoms with Gasteiger partial charge < -0.3 is 19.9 Å². The molecule has 4 aliphatic rings. The predicted molar refractivity (Wildman–Crippen MR) is 137 cm³/mol.